The summed E-state index contributed by atoms with van der Waals surface area (Å²) in [5.74, 6) is 0.0798. The van der Waals surface area contributed by atoms with Crippen molar-refractivity contribution in [3.05, 3.63) is 41.4 Å². The first-order valence-electron chi connectivity index (χ1n) is 5.40. The first-order chi connectivity index (χ1) is 8.72. The van der Waals surface area contributed by atoms with Crippen molar-refractivity contribution in [1.29, 1.82) is 0 Å². The van der Waals surface area contributed by atoms with Crippen LogP contribution in [0.4, 0.5) is 0 Å². The van der Waals surface area contributed by atoms with Crippen LogP contribution in [0.25, 0.3) is 11.3 Å². The average molecular weight is 266 g/mol. The maximum absolute atomic E-state index is 11.8. The van der Waals surface area contributed by atoms with Crippen LogP contribution < -0.4 is 11.1 Å². The Morgan fingerprint density at radius 3 is 3.06 bits per heavy atom. The number of nitrogens with zero attached hydrogens (tertiary/aromatic N) is 1. The van der Waals surface area contributed by atoms with E-state index in [2.05, 4.69) is 10.3 Å². The molecule has 0 saturated carbocycles. The lowest BCUT2D eigenvalue weighted by Crippen LogP contribution is -2.29. The number of carbonyl (C=O) groups is 1. The molecular formula is C12H12ClN3O2. The normalized spacial score (nSPS) is 10.3. The molecule has 0 aliphatic rings. The molecule has 5 nitrogen and oxygen atoms in total. The van der Waals surface area contributed by atoms with E-state index in [1.165, 1.54) is 6.39 Å². The third kappa shape index (κ3) is 2.69. The molecule has 2 rings (SSSR count). The highest BCUT2D eigenvalue weighted by Gasteiger charge is 2.17. The number of nitrogens with two attached hydrogens (primary N) is 1. The molecule has 0 bridgehead atoms. The summed E-state index contributed by atoms with van der Waals surface area (Å²) >= 11 is 5.90. The Kier molecular flexibility index (Phi) is 3.96. The largest absolute Gasteiger partial charge is 0.443 e. The minimum absolute atomic E-state index is 0.228. The van der Waals surface area contributed by atoms with E-state index in [4.69, 9.17) is 21.8 Å². The highest BCUT2D eigenvalue weighted by atomic mass is 35.5. The number of halogens is 1. The van der Waals surface area contributed by atoms with Gasteiger partial charge in [0.2, 0.25) is 0 Å². The number of amides is 1. The fraction of sp³-hybridized carbons (Fsp3) is 0.167. The molecule has 0 aliphatic heterocycles. The molecule has 6 heteroatoms. The van der Waals surface area contributed by atoms with Gasteiger partial charge in [-0.1, -0.05) is 23.7 Å². The molecule has 1 amide bonds. The Balaban J connectivity index is 2.30. The quantitative estimate of drug-likeness (QED) is 0.881. The molecule has 1 aromatic carbocycles. The summed E-state index contributed by atoms with van der Waals surface area (Å²) in [6, 6.07) is 7.03. The number of benzene rings is 1. The molecule has 94 valence electrons. The Bertz CT molecular complexity index is 554. The van der Waals surface area contributed by atoms with Crippen LogP contribution >= 0.6 is 11.6 Å². The number of hydrogen-bond acceptors (Lipinski definition) is 4. The van der Waals surface area contributed by atoms with Gasteiger partial charge in [0.1, 0.15) is 0 Å². The molecule has 0 atom stereocenters. The molecule has 0 fully saturated rings. The van der Waals surface area contributed by atoms with Gasteiger partial charge in [-0.2, -0.15) is 0 Å². The van der Waals surface area contributed by atoms with Gasteiger partial charge in [0.05, 0.1) is 0 Å². The molecule has 3 N–H and O–H groups in total. The van der Waals surface area contributed by atoms with Crippen LogP contribution in [0.5, 0.6) is 0 Å². The van der Waals surface area contributed by atoms with Gasteiger partial charge in [-0.25, -0.2) is 4.98 Å². The average Bonchev–Trinajstić information content (AvgIpc) is 2.85. The van der Waals surface area contributed by atoms with Crippen molar-refractivity contribution in [2.45, 2.75) is 0 Å². The first kappa shape index (κ1) is 12.6. The number of rotatable bonds is 4. The highest BCUT2D eigenvalue weighted by molar-refractivity contribution is 6.30. The zero-order valence-electron chi connectivity index (χ0n) is 9.52. The first-order valence-corrected chi connectivity index (χ1v) is 5.78. The van der Waals surface area contributed by atoms with Crippen molar-refractivity contribution in [3.63, 3.8) is 0 Å². The lowest BCUT2D eigenvalue weighted by Gasteiger charge is -2.03. The predicted molar refractivity (Wildman–Crippen MR) is 68.3 cm³/mol. The van der Waals surface area contributed by atoms with Gasteiger partial charge in [0, 0.05) is 23.7 Å². The van der Waals surface area contributed by atoms with Crippen LogP contribution in [0, 0.1) is 0 Å². The van der Waals surface area contributed by atoms with Gasteiger partial charge in [0.15, 0.2) is 17.8 Å². The van der Waals surface area contributed by atoms with Gasteiger partial charge >= 0.3 is 0 Å². The second kappa shape index (κ2) is 5.66. The fourth-order valence-corrected chi connectivity index (χ4v) is 1.70. The van der Waals surface area contributed by atoms with Crippen molar-refractivity contribution in [2.75, 3.05) is 13.1 Å². The van der Waals surface area contributed by atoms with E-state index < -0.39 is 0 Å². The molecule has 2 aromatic rings. The van der Waals surface area contributed by atoms with Crippen LogP contribution in [0.2, 0.25) is 5.02 Å². The summed E-state index contributed by atoms with van der Waals surface area (Å²) < 4.78 is 5.24. The van der Waals surface area contributed by atoms with E-state index >= 15 is 0 Å². The Morgan fingerprint density at radius 1 is 1.50 bits per heavy atom. The minimum Gasteiger partial charge on any atom is -0.443 e. The van der Waals surface area contributed by atoms with Gasteiger partial charge in [-0.05, 0) is 12.1 Å². The number of oxazole rings is 1. The lowest BCUT2D eigenvalue weighted by molar-refractivity contribution is 0.0950. The smallest absolute Gasteiger partial charge is 0.273 e. The third-order valence-electron chi connectivity index (χ3n) is 2.30. The SMILES string of the molecule is NCCNC(=O)c1ncoc1-c1cccc(Cl)c1. The van der Waals surface area contributed by atoms with E-state index in [0.29, 0.717) is 29.4 Å². The van der Waals surface area contributed by atoms with Crippen LogP contribution in [0.1, 0.15) is 10.5 Å². The fourth-order valence-electron chi connectivity index (χ4n) is 1.51. The van der Waals surface area contributed by atoms with Gasteiger partial charge < -0.3 is 15.5 Å². The standard InChI is InChI=1S/C12H12ClN3O2/c13-9-3-1-2-8(6-9)11-10(16-7-18-11)12(17)15-5-4-14/h1-3,6-7H,4-5,14H2,(H,15,17). The summed E-state index contributed by atoms with van der Waals surface area (Å²) in [5, 5.41) is 3.21. The zero-order valence-corrected chi connectivity index (χ0v) is 10.3. The second-order valence-electron chi connectivity index (χ2n) is 3.59. The van der Waals surface area contributed by atoms with Gasteiger partial charge in [-0.15, -0.1) is 0 Å². The van der Waals surface area contributed by atoms with Crippen molar-refractivity contribution in [2.24, 2.45) is 5.73 Å². The van der Waals surface area contributed by atoms with Crippen molar-refractivity contribution in [3.8, 4) is 11.3 Å². The van der Waals surface area contributed by atoms with E-state index in [0.717, 1.165) is 0 Å². The minimum atomic E-state index is -0.316. The molecule has 0 radical (unpaired) electrons. The van der Waals surface area contributed by atoms with E-state index in [-0.39, 0.29) is 11.6 Å². The number of aromatic nitrogens is 1. The Hall–Kier alpha value is -1.85. The zero-order chi connectivity index (χ0) is 13.0. The van der Waals surface area contributed by atoms with E-state index in [1.54, 1.807) is 24.3 Å². The maximum atomic E-state index is 11.8. The summed E-state index contributed by atoms with van der Waals surface area (Å²) in [5.41, 5.74) is 6.26. The Morgan fingerprint density at radius 2 is 2.33 bits per heavy atom. The molecule has 0 unspecified atom stereocenters. The van der Waals surface area contributed by atoms with Crippen molar-refractivity contribution in [1.82, 2.24) is 10.3 Å². The predicted octanol–water partition coefficient (Wildman–Crippen LogP) is 1.68. The number of carbonyl (C=O) groups excluding carboxylic acids is 1. The molecule has 0 spiro atoms. The Labute approximate surface area is 109 Å². The van der Waals surface area contributed by atoms with Gasteiger partial charge in [0.25, 0.3) is 5.91 Å². The molecule has 1 heterocycles. The van der Waals surface area contributed by atoms with Crippen molar-refractivity contribution >= 4 is 17.5 Å². The molecule has 18 heavy (non-hydrogen) atoms. The van der Waals surface area contributed by atoms with Crippen LogP contribution in [0.15, 0.2) is 35.1 Å². The van der Waals surface area contributed by atoms with Crippen LogP contribution in [-0.2, 0) is 0 Å². The summed E-state index contributed by atoms with van der Waals surface area (Å²) in [6.07, 6.45) is 1.23. The monoisotopic (exact) mass is 265 g/mol. The van der Waals surface area contributed by atoms with Crippen molar-refractivity contribution < 1.29 is 9.21 Å². The summed E-state index contributed by atoms with van der Waals surface area (Å²) in [4.78, 5) is 15.7. The second-order valence-corrected chi connectivity index (χ2v) is 4.02. The van der Waals surface area contributed by atoms with Crippen LogP contribution in [0.3, 0.4) is 0 Å². The number of nitrogens with one attached hydrogen (secondary N) is 1. The maximum Gasteiger partial charge on any atom is 0.273 e. The van der Waals surface area contributed by atoms with E-state index in [1.807, 2.05) is 0 Å². The highest BCUT2D eigenvalue weighted by Crippen LogP contribution is 2.25. The molecular weight excluding hydrogens is 254 g/mol. The van der Waals surface area contributed by atoms with E-state index in [9.17, 15) is 4.79 Å². The lowest BCUT2D eigenvalue weighted by atomic mass is 10.1. The van der Waals surface area contributed by atoms with Crippen LogP contribution in [-0.4, -0.2) is 24.0 Å². The molecule has 1 aromatic heterocycles. The summed E-state index contributed by atoms with van der Waals surface area (Å²) in [7, 11) is 0. The van der Waals surface area contributed by atoms with Gasteiger partial charge in [-0.3, -0.25) is 4.79 Å². The molecule has 0 saturated heterocycles. The molecule has 0 aliphatic carbocycles. The summed E-state index contributed by atoms with van der Waals surface area (Å²) in [6.45, 7) is 0.761. The topological polar surface area (TPSA) is 81.1 Å². The third-order valence-corrected chi connectivity index (χ3v) is 2.53. The number of hydrogen-bond donors (Lipinski definition) is 2.